The fourth-order valence-corrected chi connectivity index (χ4v) is 8.98. The molecule has 0 atom stereocenters. The summed E-state index contributed by atoms with van der Waals surface area (Å²) >= 11 is 0. The Morgan fingerprint density at radius 1 is 0.176 bits per heavy atom. The average molecular weight is 1220 g/mol. The van der Waals surface area contributed by atoms with Crippen LogP contribution in [-0.4, -0.2) is 68.5 Å². The SMILES string of the molecule is Cc1cc(=O)n(-c2ccccc2)[nH]1.Cc1cc(=O)n(-c2ccccc2)[nH]1.Cc1cc(=O)n(-c2ccccc2)[nH]1.Cc1cc(=O)n(-c2ccccc2)[nH]1.Cc1cc(=O)n(-c2ccccc2)[nH]1.Cc1cc(=O)n(-c2ccccc2)[nH]1.Cc1cc(=O)n(-c2ccccc2)[nH]1. The largest absolute Gasteiger partial charge is 0.295 e. The van der Waals surface area contributed by atoms with Gasteiger partial charge < -0.3 is 0 Å². The molecule has 21 nitrogen and oxygen atoms in total. The van der Waals surface area contributed by atoms with Crippen LogP contribution in [0.2, 0.25) is 0 Å². The van der Waals surface area contributed by atoms with Gasteiger partial charge in [-0.3, -0.25) is 69.3 Å². The van der Waals surface area contributed by atoms with Gasteiger partial charge in [0.1, 0.15) is 0 Å². The number of aryl methyl sites for hydroxylation is 7. The van der Waals surface area contributed by atoms with E-state index in [1.807, 2.05) is 261 Å². The van der Waals surface area contributed by atoms with Crippen LogP contribution in [0.5, 0.6) is 0 Å². The molecule has 0 aliphatic heterocycles. The van der Waals surface area contributed by atoms with Gasteiger partial charge in [-0.05, 0) is 133 Å². The van der Waals surface area contributed by atoms with Gasteiger partial charge in [0.2, 0.25) is 0 Å². The van der Waals surface area contributed by atoms with Gasteiger partial charge in [-0.1, -0.05) is 127 Å². The lowest BCUT2D eigenvalue weighted by molar-refractivity contribution is 0.835. The van der Waals surface area contributed by atoms with Crippen molar-refractivity contribution in [3.63, 3.8) is 0 Å². The maximum atomic E-state index is 11.4. The molecule has 0 saturated heterocycles. The van der Waals surface area contributed by atoms with E-state index in [-0.39, 0.29) is 38.9 Å². The molecule has 0 amide bonds. The highest BCUT2D eigenvalue weighted by molar-refractivity contribution is 5.35. The van der Waals surface area contributed by atoms with Gasteiger partial charge in [0.15, 0.2) is 0 Å². The second-order valence-corrected chi connectivity index (χ2v) is 20.6. The zero-order chi connectivity index (χ0) is 64.8. The van der Waals surface area contributed by atoms with Crippen molar-refractivity contribution in [2.75, 3.05) is 0 Å². The van der Waals surface area contributed by atoms with Crippen LogP contribution in [0.4, 0.5) is 0 Å². The minimum atomic E-state index is -0.0244. The van der Waals surface area contributed by atoms with Crippen LogP contribution in [-0.2, 0) is 0 Å². The summed E-state index contributed by atoms with van der Waals surface area (Å²) in [7, 11) is 0. The van der Waals surface area contributed by atoms with Gasteiger partial charge >= 0.3 is 0 Å². The molecular formula is C70H70N14O7. The first-order valence-corrected chi connectivity index (χ1v) is 28.8. The minimum absolute atomic E-state index is 0.0244. The van der Waals surface area contributed by atoms with Gasteiger partial charge in [0.05, 0.1) is 39.8 Å². The molecule has 0 unspecified atom stereocenters. The molecule has 0 radical (unpaired) electrons. The molecule has 7 aromatic carbocycles. The quantitative estimate of drug-likeness (QED) is 0.0811. The topological polar surface area (TPSA) is 265 Å². The number of nitrogens with zero attached hydrogens (tertiary/aromatic N) is 7. The minimum Gasteiger partial charge on any atom is -0.295 e. The lowest BCUT2D eigenvalue weighted by Gasteiger charge is -1.99. The summed E-state index contributed by atoms with van der Waals surface area (Å²) < 4.78 is 10.7. The van der Waals surface area contributed by atoms with Crippen LogP contribution in [0.3, 0.4) is 0 Å². The predicted octanol–water partition coefficient (Wildman–Crippen LogP) is 10.3. The summed E-state index contributed by atoms with van der Waals surface area (Å²) in [5.41, 5.74) is 11.9. The van der Waals surface area contributed by atoms with Crippen LogP contribution in [0.25, 0.3) is 39.8 Å². The van der Waals surface area contributed by atoms with E-state index in [1.165, 1.54) is 32.8 Å². The standard InChI is InChI=1S/7C10H10N2O/c7*1-8-7-10(13)12(11-8)9-5-3-2-4-6-9/h7*2-7,11H,1H3. The van der Waals surface area contributed by atoms with Crippen LogP contribution in [0.1, 0.15) is 39.9 Å². The Hall–Kier alpha value is -12.4. The van der Waals surface area contributed by atoms with Crippen LogP contribution < -0.4 is 38.9 Å². The van der Waals surface area contributed by atoms with E-state index in [4.69, 9.17) is 0 Å². The summed E-state index contributed by atoms with van der Waals surface area (Å²) in [4.78, 5) is 79.6. The average Bonchev–Trinajstić information content (AvgIpc) is 3.51. The molecule has 0 aliphatic rings. The number of H-pyrrole nitrogens is 7. The normalized spacial score (nSPS) is 10.2. The van der Waals surface area contributed by atoms with Gasteiger partial charge in [-0.15, -0.1) is 0 Å². The highest BCUT2D eigenvalue weighted by atomic mass is 16.2. The van der Waals surface area contributed by atoms with Crippen molar-refractivity contribution in [2.45, 2.75) is 48.5 Å². The Kier molecular flexibility index (Phi) is 22.2. The number of para-hydroxylation sites is 7. The Labute approximate surface area is 521 Å². The lowest BCUT2D eigenvalue weighted by atomic mass is 10.3. The van der Waals surface area contributed by atoms with Crippen LogP contribution in [0, 0.1) is 48.5 Å². The number of aromatic amines is 7. The molecule has 7 heterocycles. The van der Waals surface area contributed by atoms with E-state index in [9.17, 15) is 33.6 Å². The van der Waals surface area contributed by atoms with Crippen molar-refractivity contribution in [3.05, 3.63) is 367 Å². The predicted molar refractivity (Wildman–Crippen MR) is 358 cm³/mol. The fourth-order valence-electron chi connectivity index (χ4n) is 8.98. The highest BCUT2D eigenvalue weighted by Gasteiger charge is 2.06. The Morgan fingerprint density at radius 2 is 0.275 bits per heavy atom. The number of rotatable bonds is 7. The van der Waals surface area contributed by atoms with Crippen LogP contribution in [0.15, 0.2) is 288 Å². The molecule has 0 fully saturated rings. The first-order chi connectivity index (χ1) is 43.9. The second-order valence-electron chi connectivity index (χ2n) is 20.6. The van der Waals surface area contributed by atoms with E-state index in [0.29, 0.717) is 0 Å². The van der Waals surface area contributed by atoms with Crippen molar-refractivity contribution in [3.8, 4) is 39.8 Å². The molecule has 14 aromatic rings. The summed E-state index contributed by atoms with van der Waals surface area (Å²) in [6.07, 6.45) is 0. The first kappa shape index (κ1) is 64.6. The molecular weight excluding hydrogens is 1150 g/mol. The highest BCUT2D eigenvalue weighted by Crippen LogP contribution is 2.08. The third-order valence-corrected chi connectivity index (χ3v) is 13.0. The van der Waals surface area contributed by atoms with Gasteiger partial charge in [0, 0.05) is 82.3 Å². The monoisotopic (exact) mass is 1220 g/mol. The van der Waals surface area contributed by atoms with Gasteiger partial charge in [0.25, 0.3) is 38.9 Å². The Bertz CT molecular complexity index is 4050. The number of benzene rings is 7. The number of aromatic nitrogens is 14. The third kappa shape index (κ3) is 18.3. The van der Waals surface area contributed by atoms with E-state index < -0.39 is 0 Å². The van der Waals surface area contributed by atoms with Crippen molar-refractivity contribution >= 4 is 0 Å². The lowest BCUT2D eigenvalue weighted by Crippen LogP contribution is -2.12. The Morgan fingerprint density at radius 3 is 0.352 bits per heavy atom. The molecule has 462 valence electrons. The first-order valence-electron chi connectivity index (χ1n) is 28.8. The Balaban J connectivity index is 0.000000137. The maximum absolute atomic E-state index is 11.4. The van der Waals surface area contributed by atoms with Gasteiger partial charge in [-0.2, -0.15) is 0 Å². The summed E-state index contributed by atoms with van der Waals surface area (Å²) in [5, 5.41) is 20.8. The molecule has 0 saturated carbocycles. The molecule has 0 spiro atoms. The van der Waals surface area contributed by atoms with Crippen molar-refractivity contribution < 1.29 is 0 Å². The summed E-state index contributed by atoms with van der Waals surface area (Å²) in [6.45, 7) is 13.0. The van der Waals surface area contributed by atoms with Crippen molar-refractivity contribution in [2.24, 2.45) is 0 Å². The molecule has 0 bridgehead atoms. The van der Waals surface area contributed by atoms with Crippen molar-refractivity contribution in [1.29, 1.82) is 0 Å². The third-order valence-electron chi connectivity index (χ3n) is 13.0. The summed E-state index contributed by atoms with van der Waals surface area (Å²) in [6, 6.07) is 77.5. The zero-order valence-electron chi connectivity index (χ0n) is 51.2. The van der Waals surface area contributed by atoms with Crippen molar-refractivity contribution in [1.82, 2.24) is 68.5 Å². The molecule has 91 heavy (non-hydrogen) atoms. The van der Waals surface area contributed by atoms with E-state index in [1.54, 1.807) is 42.5 Å². The smallest absolute Gasteiger partial charge is 0.271 e. The number of nitrogens with one attached hydrogen (secondary N) is 7. The number of hydrogen-bond acceptors (Lipinski definition) is 7. The summed E-state index contributed by atoms with van der Waals surface area (Å²) in [5.74, 6) is 0. The molecule has 7 N–H and O–H groups in total. The van der Waals surface area contributed by atoms with E-state index in [0.717, 1.165) is 79.7 Å². The molecule has 0 aliphatic carbocycles. The fraction of sp³-hybridized carbons (Fsp3) is 0.100. The second kappa shape index (κ2) is 31.3. The zero-order valence-corrected chi connectivity index (χ0v) is 51.2. The maximum Gasteiger partial charge on any atom is 0.271 e. The van der Waals surface area contributed by atoms with E-state index >= 15 is 0 Å². The van der Waals surface area contributed by atoms with E-state index in [2.05, 4.69) is 35.7 Å². The number of hydrogen-bond donors (Lipinski definition) is 7. The van der Waals surface area contributed by atoms with Crippen LogP contribution >= 0.6 is 0 Å². The molecule has 7 aromatic heterocycles. The molecule has 21 heteroatoms. The molecule has 14 rings (SSSR count). The van der Waals surface area contributed by atoms with Gasteiger partial charge in [-0.25, -0.2) is 32.8 Å².